The Morgan fingerprint density at radius 3 is 2.37 bits per heavy atom. The van der Waals surface area contributed by atoms with Gasteiger partial charge in [0.05, 0.1) is 0 Å². The standard InChI is InChI=1S/C21H22FN3O2/c22-15-5-3-14(4-6-15)20(21(27)24-17-7-8-17)23-16-9-11-18(12-10-16)25-13-1-2-19(25)26/h3-6,9-12,17,20,23H,1-2,7-8,13H2,(H,24,27). The van der Waals surface area contributed by atoms with Crippen LogP contribution in [0.25, 0.3) is 0 Å². The number of nitrogens with zero attached hydrogens (tertiary/aromatic N) is 1. The lowest BCUT2D eigenvalue weighted by Crippen LogP contribution is -2.34. The number of nitrogens with one attached hydrogen (secondary N) is 2. The van der Waals surface area contributed by atoms with Gasteiger partial charge < -0.3 is 15.5 Å². The summed E-state index contributed by atoms with van der Waals surface area (Å²) >= 11 is 0. The van der Waals surface area contributed by atoms with Crippen LogP contribution in [0.5, 0.6) is 0 Å². The molecule has 2 amide bonds. The first kappa shape index (κ1) is 17.5. The van der Waals surface area contributed by atoms with Gasteiger partial charge in [0, 0.05) is 30.4 Å². The van der Waals surface area contributed by atoms with E-state index >= 15 is 0 Å². The molecule has 4 rings (SSSR count). The van der Waals surface area contributed by atoms with Crippen LogP contribution in [-0.4, -0.2) is 24.4 Å². The normalized spacial score (nSPS) is 17.7. The summed E-state index contributed by atoms with van der Waals surface area (Å²) in [5.41, 5.74) is 2.34. The maximum absolute atomic E-state index is 13.3. The van der Waals surface area contributed by atoms with Gasteiger partial charge in [0.25, 0.3) is 0 Å². The van der Waals surface area contributed by atoms with Gasteiger partial charge in [-0.05, 0) is 61.2 Å². The minimum atomic E-state index is -0.606. The van der Waals surface area contributed by atoms with E-state index in [1.165, 1.54) is 12.1 Å². The fourth-order valence-corrected chi connectivity index (χ4v) is 3.29. The van der Waals surface area contributed by atoms with Gasteiger partial charge in [0.1, 0.15) is 11.9 Å². The van der Waals surface area contributed by atoms with Crippen LogP contribution in [0.1, 0.15) is 37.3 Å². The molecule has 1 unspecified atom stereocenters. The van der Waals surface area contributed by atoms with Crippen molar-refractivity contribution in [2.24, 2.45) is 0 Å². The molecule has 0 aromatic heterocycles. The summed E-state index contributed by atoms with van der Waals surface area (Å²) < 4.78 is 13.3. The molecule has 1 aliphatic heterocycles. The first-order valence-electron chi connectivity index (χ1n) is 9.33. The third kappa shape index (κ3) is 4.10. The maximum atomic E-state index is 13.3. The summed E-state index contributed by atoms with van der Waals surface area (Å²) in [7, 11) is 0. The molecule has 27 heavy (non-hydrogen) atoms. The number of halogens is 1. The van der Waals surface area contributed by atoms with Crippen LogP contribution in [0.2, 0.25) is 0 Å². The molecular weight excluding hydrogens is 345 g/mol. The van der Waals surface area contributed by atoms with E-state index in [1.54, 1.807) is 17.0 Å². The zero-order valence-corrected chi connectivity index (χ0v) is 15.0. The second-order valence-corrected chi connectivity index (χ2v) is 7.11. The predicted molar refractivity (Wildman–Crippen MR) is 102 cm³/mol. The number of benzene rings is 2. The average Bonchev–Trinajstić information content (AvgIpc) is 3.38. The molecule has 2 aromatic rings. The van der Waals surface area contributed by atoms with Gasteiger partial charge in [0.15, 0.2) is 0 Å². The molecule has 1 heterocycles. The highest BCUT2D eigenvalue weighted by molar-refractivity contribution is 5.95. The van der Waals surface area contributed by atoms with Gasteiger partial charge in [-0.3, -0.25) is 9.59 Å². The molecule has 1 aliphatic carbocycles. The molecule has 1 saturated heterocycles. The SMILES string of the molecule is O=C(NC1CC1)C(Nc1ccc(N2CCCC2=O)cc1)c1ccc(F)cc1. The molecule has 0 spiro atoms. The molecule has 0 bridgehead atoms. The minimum Gasteiger partial charge on any atom is -0.370 e. The van der Waals surface area contributed by atoms with Crippen LogP contribution in [0.3, 0.4) is 0 Å². The Morgan fingerprint density at radius 2 is 1.78 bits per heavy atom. The summed E-state index contributed by atoms with van der Waals surface area (Å²) in [5.74, 6) is -0.314. The van der Waals surface area contributed by atoms with Crippen LogP contribution in [0.15, 0.2) is 48.5 Å². The van der Waals surface area contributed by atoms with E-state index in [9.17, 15) is 14.0 Å². The van der Waals surface area contributed by atoms with Gasteiger partial charge in [-0.2, -0.15) is 0 Å². The Balaban J connectivity index is 1.52. The quantitative estimate of drug-likeness (QED) is 0.823. The summed E-state index contributed by atoms with van der Waals surface area (Å²) in [4.78, 5) is 26.3. The molecule has 5 nitrogen and oxygen atoms in total. The summed E-state index contributed by atoms with van der Waals surface area (Å²) in [6.45, 7) is 0.744. The van der Waals surface area contributed by atoms with E-state index in [2.05, 4.69) is 10.6 Å². The number of anilines is 2. The Morgan fingerprint density at radius 1 is 1.07 bits per heavy atom. The minimum absolute atomic E-state index is 0.122. The number of hydrogen-bond acceptors (Lipinski definition) is 3. The molecule has 2 aromatic carbocycles. The van der Waals surface area contributed by atoms with Crippen molar-refractivity contribution >= 4 is 23.2 Å². The number of amides is 2. The lowest BCUT2D eigenvalue weighted by atomic mass is 10.1. The van der Waals surface area contributed by atoms with E-state index in [0.717, 1.165) is 37.2 Å². The Bertz CT molecular complexity index is 832. The largest absolute Gasteiger partial charge is 0.370 e. The van der Waals surface area contributed by atoms with Crippen molar-refractivity contribution in [2.45, 2.75) is 37.8 Å². The van der Waals surface area contributed by atoms with Crippen molar-refractivity contribution in [2.75, 3.05) is 16.8 Å². The second-order valence-electron chi connectivity index (χ2n) is 7.11. The Labute approximate surface area is 157 Å². The van der Waals surface area contributed by atoms with E-state index in [4.69, 9.17) is 0 Å². The molecule has 1 saturated carbocycles. The molecule has 1 atom stereocenters. The van der Waals surface area contributed by atoms with Gasteiger partial charge in [-0.25, -0.2) is 4.39 Å². The number of rotatable bonds is 6. The highest BCUT2D eigenvalue weighted by Crippen LogP contribution is 2.27. The molecule has 2 fully saturated rings. The smallest absolute Gasteiger partial charge is 0.247 e. The lowest BCUT2D eigenvalue weighted by molar-refractivity contribution is -0.122. The van der Waals surface area contributed by atoms with Gasteiger partial charge >= 0.3 is 0 Å². The fraction of sp³-hybridized carbons (Fsp3) is 0.333. The fourth-order valence-electron chi connectivity index (χ4n) is 3.29. The van der Waals surface area contributed by atoms with Crippen molar-refractivity contribution in [3.8, 4) is 0 Å². The van der Waals surface area contributed by atoms with Gasteiger partial charge in [-0.1, -0.05) is 12.1 Å². The average molecular weight is 367 g/mol. The van der Waals surface area contributed by atoms with Crippen LogP contribution in [0.4, 0.5) is 15.8 Å². The number of carbonyl (C=O) groups excluding carboxylic acids is 2. The summed E-state index contributed by atoms with van der Waals surface area (Å²) in [6.07, 6.45) is 3.47. The first-order valence-corrected chi connectivity index (χ1v) is 9.33. The molecule has 0 radical (unpaired) electrons. The number of hydrogen-bond donors (Lipinski definition) is 2. The van der Waals surface area contributed by atoms with Crippen LogP contribution >= 0.6 is 0 Å². The zero-order chi connectivity index (χ0) is 18.8. The van der Waals surface area contributed by atoms with Crippen molar-refractivity contribution in [3.05, 3.63) is 59.9 Å². The second kappa shape index (κ2) is 7.39. The Hall–Kier alpha value is -2.89. The van der Waals surface area contributed by atoms with E-state index in [1.807, 2.05) is 24.3 Å². The Kier molecular flexibility index (Phi) is 4.79. The van der Waals surface area contributed by atoms with Crippen molar-refractivity contribution in [3.63, 3.8) is 0 Å². The van der Waals surface area contributed by atoms with E-state index in [0.29, 0.717) is 12.0 Å². The monoisotopic (exact) mass is 367 g/mol. The topological polar surface area (TPSA) is 61.4 Å². The number of carbonyl (C=O) groups is 2. The first-order chi connectivity index (χ1) is 13.1. The summed E-state index contributed by atoms with van der Waals surface area (Å²) in [6, 6.07) is 13.1. The van der Waals surface area contributed by atoms with Gasteiger partial charge in [-0.15, -0.1) is 0 Å². The van der Waals surface area contributed by atoms with E-state index < -0.39 is 6.04 Å². The zero-order valence-electron chi connectivity index (χ0n) is 15.0. The van der Waals surface area contributed by atoms with Crippen LogP contribution < -0.4 is 15.5 Å². The molecule has 6 heteroatoms. The van der Waals surface area contributed by atoms with Crippen LogP contribution in [-0.2, 0) is 9.59 Å². The summed E-state index contributed by atoms with van der Waals surface area (Å²) in [5, 5.41) is 6.24. The predicted octanol–water partition coefficient (Wildman–Crippen LogP) is 3.38. The van der Waals surface area contributed by atoms with Crippen molar-refractivity contribution in [1.82, 2.24) is 5.32 Å². The van der Waals surface area contributed by atoms with Crippen LogP contribution in [0, 0.1) is 5.82 Å². The van der Waals surface area contributed by atoms with Crippen molar-refractivity contribution in [1.29, 1.82) is 0 Å². The maximum Gasteiger partial charge on any atom is 0.247 e. The third-order valence-corrected chi connectivity index (χ3v) is 4.95. The molecule has 2 aliphatic rings. The van der Waals surface area contributed by atoms with Crippen molar-refractivity contribution < 1.29 is 14.0 Å². The van der Waals surface area contributed by atoms with Gasteiger partial charge in [0.2, 0.25) is 11.8 Å². The molecular formula is C21H22FN3O2. The lowest BCUT2D eigenvalue weighted by Gasteiger charge is -2.21. The third-order valence-electron chi connectivity index (χ3n) is 4.95. The van der Waals surface area contributed by atoms with E-state index in [-0.39, 0.29) is 23.7 Å². The molecule has 140 valence electrons. The highest BCUT2D eigenvalue weighted by Gasteiger charge is 2.28. The highest BCUT2D eigenvalue weighted by atomic mass is 19.1. The molecule has 2 N–H and O–H groups in total.